The summed E-state index contributed by atoms with van der Waals surface area (Å²) in [4.78, 5) is 36.4. The Labute approximate surface area is 223 Å². The van der Waals surface area contributed by atoms with Crippen molar-refractivity contribution in [3.05, 3.63) is 94.0 Å². The molecule has 0 aliphatic heterocycles. The molecule has 38 heavy (non-hydrogen) atoms. The van der Waals surface area contributed by atoms with Crippen LogP contribution in [0.3, 0.4) is 0 Å². The first kappa shape index (κ1) is 28.1. The van der Waals surface area contributed by atoms with Gasteiger partial charge in [-0.2, -0.15) is 5.10 Å². The molecule has 3 aromatic carbocycles. The molecule has 0 spiro atoms. The number of hydrogen-bond donors (Lipinski definition) is 3. The second-order valence-electron chi connectivity index (χ2n) is 9.46. The zero-order chi connectivity index (χ0) is 27.7. The van der Waals surface area contributed by atoms with Crippen molar-refractivity contribution in [2.24, 2.45) is 5.10 Å². The highest BCUT2D eigenvalue weighted by molar-refractivity contribution is 6.35. The number of ether oxygens (including phenoxy) is 1. The number of aryl methyl sites for hydroxylation is 3. The third kappa shape index (κ3) is 8.30. The van der Waals surface area contributed by atoms with E-state index in [1.54, 1.807) is 24.3 Å². The molecule has 0 aliphatic rings. The molecule has 8 nitrogen and oxygen atoms in total. The highest BCUT2D eigenvalue weighted by Crippen LogP contribution is 2.22. The first-order valence-electron chi connectivity index (χ1n) is 12.4. The zero-order valence-electron chi connectivity index (χ0n) is 22.4. The van der Waals surface area contributed by atoms with E-state index >= 15 is 0 Å². The Morgan fingerprint density at radius 1 is 0.895 bits per heavy atom. The molecule has 3 aromatic rings. The fourth-order valence-electron chi connectivity index (χ4n) is 3.85. The summed E-state index contributed by atoms with van der Waals surface area (Å²) >= 11 is 0. The largest absolute Gasteiger partial charge is 0.484 e. The van der Waals surface area contributed by atoms with Gasteiger partial charge in [-0.05, 0) is 78.8 Å². The monoisotopic (exact) mass is 514 g/mol. The maximum atomic E-state index is 12.3. The Morgan fingerprint density at radius 2 is 1.53 bits per heavy atom. The lowest BCUT2D eigenvalue weighted by molar-refractivity contribution is -0.139. The number of nitrogens with one attached hydrogen (secondary N) is 3. The van der Waals surface area contributed by atoms with Crippen LogP contribution in [0.25, 0.3) is 0 Å². The molecule has 3 rings (SSSR count). The SMILES string of the molecule is Cc1cc(C)c(NC(=O)COc2ccc(/C=N\NC(=O)C(=O)NCc3ccc(C(C)C)cc3)cc2)c(C)c1. The first-order chi connectivity index (χ1) is 18.1. The van der Waals surface area contributed by atoms with Crippen molar-refractivity contribution in [3.63, 3.8) is 0 Å². The van der Waals surface area contributed by atoms with Crippen LogP contribution in [0.5, 0.6) is 5.75 Å². The number of carbonyl (C=O) groups is 3. The number of nitrogens with zero attached hydrogens (tertiary/aromatic N) is 1. The standard InChI is InChI=1S/C30H34N4O4/c1-19(2)25-10-6-23(7-11-25)16-31-29(36)30(37)34-32-17-24-8-12-26(13-9-24)38-18-27(35)33-28-21(4)14-20(3)15-22(28)5/h6-15,17,19H,16,18H2,1-5H3,(H,31,36)(H,33,35)(H,34,37)/b32-17-. The van der Waals surface area contributed by atoms with Gasteiger partial charge in [0.2, 0.25) is 0 Å². The van der Waals surface area contributed by atoms with Gasteiger partial charge in [0.15, 0.2) is 6.61 Å². The molecule has 198 valence electrons. The minimum atomic E-state index is -0.856. The lowest BCUT2D eigenvalue weighted by atomic mass is 10.0. The van der Waals surface area contributed by atoms with E-state index in [4.69, 9.17) is 4.74 Å². The van der Waals surface area contributed by atoms with Gasteiger partial charge in [0.1, 0.15) is 5.75 Å². The highest BCUT2D eigenvalue weighted by Gasteiger charge is 2.12. The van der Waals surface area contributed by atoms with Gasteiger partial charge in [-0.25, -0.2) is 5.43 Å². The summed E-state index contributed by atoms with van der Waals surface area (Å²) in [5.74, 6) is -0.937. The molecule has 0 aromatic heterocycles. The Bertz CT molecular complexity index is 1290. The molecule has 0 bridgehead atoms. The number of carbonyl (C=O) groups excluding carboxylic acids is 3. The fraction of sp³-hybridized carbons (Fsp3) is 0.267. The van der Waals surface area contributed by atoms with E-state index < -0.39 is 11.8 Å². The minimum Gasteiger partial charge on any atom is -0.484 e. The van der Waals surface area contributed by atoms with Crippen LogP contribution in [-0.4, -0.2) is 30.5 Å². The van der Waals surface area contributed by atoms with Crippen molar-refractivity contribution < 1.29 is 19.1 Å². The van der Waals surface area contributed by atoms with Gasteiger partial charge < -0.3 is 15.4 Å². The molecule has 0 radical (unpaired) electrons. The molecule has 0 heterocycles. The predicted octanol–water partition coefficient (Wildman–Crippen LogP) is 4.52. The molecule has 0 aliphatic carbocycles. The van der Waals surface area contributed by atoms with Crippen LogP contribution < -0.4 is 20.8 Å². The van der Waals surface area contributed by atoms with Crippen molar-refractivity contribution in [1.82, 2.24) is 10.7 Å². The molecule has 3 amide bonds. The van der Waals surface area contributed by atoms with Gasteiger partial charge in [-0.15, -0.1) is 0 Å². The van der Waals surface area contributed by atoms with E-state index in [0.717, 1.165) is 27.9 Å². The molecular formula is C30H34N4O4. The van der Waals surface area contributed by atoms with Gasteiger partial charge in [0.05, 0.1) is 6.21 Å². The second kappa shape index (κ2) is 13.2. The molecular weight excluding hydrogens is 480 g/mol. The summed E-state index contributed by atoms with van der Waals surface area (Å²) in [5, 5.41) is 9.31. The lowest BCUT2D eigenvalue weighted by Crippen LogP contribution is -2.37. The summed E-state index contributed by atoms with van der Waals surface area (Å²) in [6.07, 6.45) is 1.41. The second-order valence-corrected chi connectivity index (χ2v) is 9.46. The van der Waals surface area contributed by atoms with E-state index in [1.807, 2.05) is 57.2 Å². The Morgan fingerprint density at radius 3 is 2.13 bits per heavy atom. The van der Waals surface area contributed by atoms with Gasteiger partial charge in [0, 0.05) is 12.2 Å². The third-order valence-electron chi connectivity index (χ3n) is 5.88. The Balaban J connectivity index is 1.41. The highest BCUT2D eigenvalue weighted by atomic mass is 16.5. The summed E-state index contributed by atoms with van der Waals surface area (Å²) in [6, 6.07) is 18.7. The number of hydrazone groups is 1. The van der Waals surface area contributed by atoms with Gasteiger partial charge >= 0.3 is 11.8 Å². The van der Waals surface area contributed by atoms with Crippen LogP contribution in [0.1, 0.15) is 53.1 Å². The number of benzene rings is 3. The molecule has 3 N–H and O–H groups in total. The van der Waals surface area contributed by atoms with Crippen molar-refractivity contribution in [1.29, 1.82) is 0 Å². The van der Waals surface area contributed by atoms with Crippen molar-refractivity contribution in [2.45, 2.75) is 47.1 Å². The predicted molar refractivity (Wildman–Crippen MR) is 149 cm³/mol. The third-order valence-corrected chi connectivity index (χ3v) is 5.88. The average molecular weight is 515 g/mol. The molecule has 0 saturated heterocycles. The maximum Gasteiger partial charge on any atom is 0.329 e. The molecule has 0 unspecified atom stereocenters. The molecule has 0 atom stereocenters. The van der Waals surface area contributed by atoms with Crippen LogP contribution in [0, 0.1) is 20.8 Å². The van der Waals surface area contributed by atoms with Crippen molar-refractivity contribution in [2.75, 3.05) is 11.9 Å². The summed E-state index contributed by atoms with van der Waals surface area (Å²) in [6.45, 7) is 10.3. The average Bonchev–Trinajstić information content (AvgIpc) is 2.89. The zero-order valence-corrected chi connectivity index (χ0v) is 22.4. The molecule has 8 heteroatoms. The maximum absolute atomic E-state index is 12.3. The number of rotatable bonds is 9. The fourth-order valence-corrected chi connectivity index (χ4v) is 3.85. The van der Waals surface area contributed by atoms with E-state index in [0.29, 0.717) is 17.2 Å². The van der Waals surface area contributed by atoms with Crippen LogP contribution >= 0.6 is 0 Å². The van der Waals surface area contributed by atoms with Crippen LogP contribution in [-0.2, 0) is 20.9 Å². The number of hydrogen-bond acceptors (Lipinski definition) is 5. The molecule has 0 fully saturated rings. The quantitative estimate of drug-likeness (QED) is 0.222. The first-order valence-corrected chi connectivity index (χ1v) is 12.4. The summed E-state index contributed by atoms with van der Waals surface area (Å²) in [5.41, 5.74) is 8.95. The van der Waals surface area contributed by atoms with E-state index in [9.17, 15) is 14.4 Å². The van der Waals surface area contributed by atoms with Crippen molar-refractivity contribution >= 4 is 29.6 Å². The van der Waals surface area contributed by atoms with E-state index in [2.05, 4.69) is 35.0 Å². The van der Waals surface area contributed by atoms with Gasteiger partial charge in [-0.3, -0.25) is 14.4 Å². The number of anilines is 1. The van der Waals surface area contributed by atoms with E-state index in [1.165, 1.54) is 11.8 Å². The Kier molecular flexibility index (Phi) is 9.76. The van der Waals surface area contributed by atoms with Gasteiger partial charge in [0.25, 0.3) is 5.91 Å². The summed E-state index contributed by atoms with van der Waals surface area (Å²) < 4.78 is 5.57. The van der Waals surface area contributed by atoms with Gasteiger partial charge in [-0.1, -0.05) is 55.8 Å². The smallest absolute Gasteiger partial charge is 0.329 e. The van der Waals surface area contributed by atoms with Crippen LogP contribution in [0.15, 0.2) is 65.8 Å². The lowest BCUT2D eigenvalue weighted by Gasteiger charge is -2.13. The van der Waals surface area contributed by atoms with Crippen molar-refractivity contribution in [3.8, 4) is 5.75 Å². The number of amides is 3. The van der Waals surface area contributed by atoms with Crippen LogP contribution in [0.2, 0.25) is 0 Å². The molecule has 0 saturated carbocycles. The topological polar surface area (TPSA) is 109 Å². The normalized spacial score (nSPS) is 10.9. The minimum absolute atomic E-state index is 0.132. The van der Waals surface area contributed by atoms with Crippen LogP contribution in [0.4, 0.5) is 5.69 Å². The Hall–Kier alpha value is -4.46. The van der Waals surface area contributed by atoms with E-state index in [-0.39, 0.29) is 19.1 Å². The summed E-state index contributed by atoms with van der Waals surface area (Å²) in [7, 11) is 0.